The van der Waals surface area contributed by atoms with Crippen molar-refractivity contribution in [3.05, 3.63) is 24.3 Å². The number of amides is 1. The number of aliphatic hydroxyl groups is 1. The number of aliphatic carboxylic acids is 1. The average molecular weight is 746 g/mol. The summed E-state index contributed by atoms with van der Waals surface area (Å²) in [5, 5.41) is 21.7. The van der Waals surface area contributed by atoms with Crippen LogP contribution in [0.5, 0.6) is 0 Å². The maximum Gasteiger partial charge on any atom is 0.472 e. The molecule has 0 spiro atoms. The second-order valence-electron chi connectivity index (χ2n) is 13.5. The van der Waals surface area contributed by atoms with Gasteiger partial charge in [0.05, 0.1) is 13.2 Å². The smallest absolute Gasteiger partial charge is 0.472 e. The fourth-order valence-electron chi connectivity index (χ4n) is 5.34. The van der Waals surface area contributed by atoms with Crippen LogP contribution < -0.4 is 5.32 Å². The van der Waals surface area contributed by atoms with Gasteiger partial charge in [-0.15, -0.1) is 0 Å². The van der Waals surface area contributed by atoms with Crippen molar-refractivity contribution in [1.29, 1.82) is 0 Å². The van der Waals surface area contributed by atoms with Crippen LogP contribution in [0.1, 0.15) is 174 Å². The Morgan fingerprint density at radius 3 is 1.61 bits per heavy atom. The highest BCUT2D eigenvalue weighted by molar-refractivity contribution is 7.47. The zero-order valence-corrected chi connectivity index (χ0v) is 32.8. The lowest BCUT2D eigenvalue weighted by atomic mass is 10.1. The molecule has 4 N–H and O–H groups in total. The van der Waals surface area contributed by atoms with Crippen LogP contribution >= 0.6 is 7.82 Å². The lowest BCUT2D eigenvalue weighted by molar-refractivity contribution is -0.147. The molecule has 0 aliphatic carbocycles. The molecule has 0 aliphatic rings. The van der Waals surface area contributed by atoms with Gasteiger partial charge in [0, 0.05) is 12.8 Å². The number of esters is 1. The molecule has 0 aromatic carbocycles. The third-order valence-electron chi connectivity index (χ3n) is 8.49. The minimum atomic E-state index is -4.75. The second kappa shape index (κ2) is 35.0. The van der Waals surface area contributed by atoms with Gasteiger partial charge in [0.15, 0.2) is 6.04 Å². The predicted octanol–water partition coefficient (Wildman–Crippen LogP) is 9.50. The molecule has 3 unspecified atom stereocenters. The number of hydrogen-bond donors (Lipinski definition) is 4. The predicted molar refractivity (Wildman–Crippen MR) is 203 cm³/mol. The number of nitrogens with one attached hydrogen (secondary N) is 1. The van der Waals surface area contributed by atoms with Crippen molar-refractivity contribution < 1.29 is 47.8 Å². The summed E-state index contributed by atoms with van der Waals surface area (Å²) >= 11 is 0. The number of unbranched alkanes of at least 4 members (excludes halogenated alkanes) is 19. The number of phosphoric ester groups is 1. The highest BCUT2D eigenvalue weighted by atomic mass is 31.2. The lowest BCUT2D eigenvalue weighted by Gasteiger charge is -2.18. The third kappa shape index (κ3) is 34.8. The summed E-state index contributed by atoms with van der Waals surface area (Å²) in [5.41, 5.74) is 0. The van der Waals surface area contributed by atoms with Crippen LogP contribution in [0.4, 0.5) is 0 Å². The number of hydrogen-bond acceptors (Lipinski definition) is 8. The third-order valence-corrected chi connectivity index (χ3v) is 9.44. The van der Waals surface area contributed by atoms with Gasteiger partial charge < -0.3 is 25.2 Å². The van der Waals surface area contributed by atoms with Crippen LogP contribution in [-0.2, 0) is 32.7 Å². The van der Waals surface area contributed by atoms with Crippen molar-refractivity contribution in [2.75, 3.05) is 19.8 Å². The average Bonchev–Trinajstić information content (AvgIpc) is 3.10. The van der Waals surface area contributed by atoms with Crippen molar-refractivity contribution in [1.82, 2.24) is 5.32 Å². The first-order chi connectivity index (χ1) is 24.6. The Bertz CT molecular complexity index is 974. The maximum absolute atomic E-state index is 12.3. The van der Waals surface area contributed by atoms with Crippen molar-refractivity contribution in [3.63, 3.8) is 0 Å². The number of aliphatic hydroxyl groups excluding tert-OH is 1. The van der Waals surface area contributed by atoms with E-state index in [0.29, 0.717) is 12.8 Å². The molecule has 0 bridgehead atoms. The van der Waals surface area contributed by atoms with E-state index in [2.05, 4.69) is 43.5 Å². The summed E-state index contributed by atoms with van der Waals surface area (Å²) in [5.74, 6) is -2.38. The van der Waals surface area contributed by atoms with Gasteiger partial charge >= 0.3 is 19.8 Å². The summed E-state index contributed by atoms with van der Waals surface area (Å²) in [6, 6.07) is -1.55. The molecule has 51 heavy (non-hydrogen) atoms. The van der Waals surface area contributed by atoms with Crippen LogP contribution in [0.25, 0.3) is 0 Å². The molecule has 11 nitrogen and oxygen atoms in total. The van der Waals surface area contributed by atoms with E-state index in [1.165, 1.54) is 77.0 Å². The van der Waals surface area contributed by atoms with Crippen LogP contribution in [0.15, 0.2) is 24.3 Å². The molecular weight excluding hydrogens is 673 g/mol. The van der Waals surface area contributed by atoms with E-state index in [4.69, 9.17) is 13.8 Å². The number of allylic oxidation sites excluding steroid dienone is 4. The molecule has 0 rings (SSSR count). The summed E-state index contributed by atoms with van der Waals surface area (Å²) in [6.07, 6.45) is 33.5. The highest BCUT2D eigenvalue weighted by Gasteiger charge is 2.28. The fourth-order valence-corrected chi connectivity index (χ4v) is 6.12. The van der Waals surface area contributed by atoms with Crippen molar-refractivity contribution >= 4 is 25.7 Å². The number of carbonyl (C=O) groups excluding carboxylic acids is 2. The van der Waals surface area contributed by atoms with Gasteiger partial charge in [-0.05, 0) is 44.9 Å². The highest BCUT2D eigenvalue weighted by Crippen LogP contribution is 2.43. The molecule has 0 aliphatic heterocycles. The van der Waals surface area contributed by atoms with Gasteiger partial charge in [0.2, 0.25) is 5.91 Å². The Balaban J connectivity index is 3.96. The van der Waals surface area contributed by atoms with Gasteiger partial charge in [0.1, 0.15) is 12.7 Å². The lowest BCUT2D eigenvalue weighted by Crippen LogP contribution is -2.43. The molecule has 0 saturated heterocycles. The molecule has 0 heterocycles. The van der Waals surface area contributed by atoms with Crippen molar-refractivity contribution in [2.24, 2.45) is 0 Å². The first-order valence-corrected chi connectivity index (χ1v) is 21.4. The van der Waals surface area contributed by atoms with E-state index in [1.54, 1.807) is 0 Å². The molecule has 12 heteroatoms. The SMILES string of the molecule is CCCCCC/C=C\C/C=C\CCCCCCCCCC(=O)NC(COP(=O)(O)OCC(O)COC(=O)CCCCCCCCCCC)C(=O)O. The van der Waals surface area contributed by atoms with Gasteiger partial charge in [-0.2, -0.15) is 0 Å². The number of phosphoric acid groups is 1. The Hall–Kier alpha value is -2.04. The van der Waals surface area contributed by atoms with Crippen LogP contribution in [0.3, 0.4) is 0 Å². The van der Waals surface area contributed by atoms with Crippen LogP contribution in [-0.4, -0.2) is 64.9 Å². The van der Waals surface area contributed by atoms with Gasteiger partial charge in [-0.1, -0.05) is 141 Å². The van der Waals surface area contributed by atoms with E-state index in [1.807, 2.05) is 0 Å². The van der Waals surface area contributed by atoms with E-state index in [-0.39, 0.29) is 12.8 Å². The number of carbonyl (C=O) groups is 3. The Morgan fingerprint density at radius 1 is 0.627 bits per heavy atom. The minimum absolute atomic E-state index is 0.138. The molecule has 0 aromatic rings. The summed E-state index contributed by atoms with van der Waals surface area (Å²) < 4.78 is 26.7. The minimum Gasteiger partial charge on any atom is -0.480 e. The maximum atomic E-state index is 12.3. The topological polar surface area (TPSA) is 169 Å². The van der Waals surface area contributed by atoms with E-state index < -0.39 is 57.6 Å². The summed E-state index contributed by atoms with van der Waals surface area (Å²) in [6.45, 7) is 2.53. The van der Waals surface area contributed by atoms with Crippen molar-refractivity contribution in [3.8, 4) is 0 Å². The molecule has 0 fully saturated rings. The Morgan fingerprint density at radius 2 is 1.08 bits per heavy atom. The largest absolute Gasteiger partial charge is 0.480 e. The molecule has 3 atom stereocenters. The van der Waals surface area contributed by atoms with E-state index >= 15 is 0 Å². The monoisotopic (exact) mass is 745 g/mol. The normalized spacial score (nSPS) is 14.1. The Kier molecular flexibility index (Phi) is 33.6. The quantitative estimate of drug-likeness (QED) is 0.0208. The standard InChI is InChI=1S/C39H72NO10P/c1-3-5-7-9-11-13-14-15-16-17-18-19-20-21-23-24-26-28-30-37(42)40-36(39(44)45)34-50-51(46,47)49-33-35(41)32-48-38(43)31-29-27-25-22-12-10-8-6-4-2/h13-14,16-17,35-36,41H,3-12,15,18-34H2,1-2H3,(H,40,42)(H,44,45)(H,46,47)/b14-13-,17-16-. The molecule has 0 aromatic heterocycles. The number of rotatable bonds is 37. The molecular formula is C39H72NO10P. The number of carboxylic acid groups (broad SMARTS) is 1. The van der Waals surface area contributed by atoms with Crippen LogP contribution in [0.2, 0.25) is 0 Å². The van der Waals surface area contributed by atoms with E-state index in [9.17, 15) is 34.1 Å². The fraction of sp³-hybridized carbons (Fsp3) is 0.821. The number of ether oxygens (including phenoxy) is 1. The molecule has 1 amide bonds. The molecule has 298 valence electrons. The second-order valence-corrected chi connectivity index (χ2v) is 14.9. The van der Waals surface area contributed by atoms with Gasteiger partial charge in [-0.3, -0.25) is 18.6 Å². The van der Waals surface area contributed by atoms with Crippen LogP contribution in [0, 0.1) is 0 Å². The first-order valence-electron chi connectivity index (χ1n) is 19.9. The first kappa shape index (κ1) is 49.0. The molecule has 0 radical (unpaired) electrons. The summed E-state index contributed by atoms with van der Waals surface area (Å²) in [7, 11) is -4.75. The van der Waals surface area contributed by atoms with Crippen molar-refractivity contribution in [2.45, 2.75) is 187 Å². The molecule has 0 saturated carbocycles. The van der Waals surface area contributed by atoms with Gasteiger partial charge in [-0.25, -0.2) is 9.36 Å². The zero-order chi connectivity index (χ0) is 37.8. The Labute approximate surface area is 309 Å². The van der Waals surface area contributed by atoms with E-state index in [0.717, 1.165) is 57.8 Å². The summed E-state index contributed by atoms with van der Waals surface area (Å²) in [4.78, 5) is 45.7. The zero-order valence-electron chi connectivity index (χ0n) is 31.9. The van der Waals surface area contributed by atoms with Gasteiger partial charge in [0.25, 0.3) is 0 Å². The number of carboxylic acids is 1.